The van der Waals surface area contributed by atoms with Crippen molar-refractivity contribution in [1.29, 1.82) is 0 Å². The predicted octanol–water partition coefficient (Wildman–Crippen LogP) is 7.75. The zero-order valence-corrected chi connectivity index (χ0v) is 29.3. The van der Waals surface area contributed by atoms with Crippen molar-refractivity contribution in [2.75, 3.05) is 0 Å². The van der Waals surface area contributed by atoms with Crippen LogP contribution in [-0.4, -0.2) is 35.1 Å². The van der Waals surface area contributed by atoms with E-state index < -0.39 is 66.6 Å². The van der Waals surface area contributed by atoms with Gasteiger partial charge in [-0.25, -0.2) is 0 Å². The molecule has 8 bridgehead atoms. The van der Waals surface area contributed by atoms with Gasteiger partial charge in [-0.15, -0.1) is 0 Å². The predicted molar refractivity (Wildman–Crippen MR) is 179 cm³/mol. The second kappa shape index (κ2) is 11.5. The summed E-state index contributed by atoms with van der Waals surface area (Å²) in [7, 11) is 0. The third kappa shape index (κ3) is 5.80. The Hall–Kier alpha value is -3.20. The molecule has 0 aromatic heterocycles. The first-order valence-electron chi connectivity index (χ1n) is 16.7. The van der Waals surface area contributed by atoms with Crippen molar-refractivity contribution < 1.29 is 34.8 Å². The van der Waals surface area contributed by atoms with E-state index in [2.05, 4.69) is 18.0 Å². The van der Waals surface area contributed by atoms with E-state index >= 15 is 0 Å². The molecule has 250 valence electrons. The zero-order chi connectivity index (χ0) is 33.4. The molecule has 47 heavy (non-hydrogen) atoms. The molecule has 0 amide bonds. The van der Waals surface area contributed by atoms with Gasteiger partial charge in [0.25, 0.3) is 0 Å². The number of benzene rings is 1. The summed E-state index contributed by atoms with van der Waals surface area (Å²) in [5, 5.41) is 0. The van der Waals surface area contributed by atoms with Gasteiger partial charge in [-0.05, 0) is 0 Å². The first-order valence-corrected chi connectivity index (χ1v) is 19.5. The molecule has 8 saturated carbocycles. The van der Waals surface area contributed by atoms with Crippen LogP contribution in [0.3, 0.4) is 0 Å². The van der Waals surface area contributed by atoms with Gasteiger partial charge < -0.3 is 0 Å². The number of ether oxygens (including phenoxy) is 2. The molecule has 10 heteroatoms. The molecule has 1 aromatic carbocycles. The number of hydrogen-bond acceptors (Lipinski definition) is 8. The van der Waals surface area contributed by atoms with Crippen molar-refractivity contribution >= 4 is 50.2 Å². The number of hydrogen-bond donors (Lipinski definition) is 0. The normalized spacial score (nSPS) is 37.3. The summed E-state index contributed by atoms with van der Waals surface area (Å²) >= 11 is -3.47. The summed E-state index contributed by atoms with van der Waals surface area (Å²) in [6.07, 6.45) is 8.27. The summed E-state index contributed by atoms with van der Waals surface area (Å²) in [5.41, 5.74) is -2.09. The second-order valence-electron chi connectivity index (χ2n) is 15.7. The minimum absolute atomic E-state index is 0.238. The van der Waals surface area contributed by atoms with Crippen LogP contribution in [-0.2, 0) is 34.8 Å². The molecule has 9 rings (SSSR count). The van der Waals surface area contributed by atoms with Crippen LogP contribution in [0.15, 0.2) is 48.6 Å². The van der Waals surface area contributed by atoms with Crippen molar-refractivity contribution in [2.24, 2.45) is 34.5 Å². The fraction of sp³-hybridized carbons (Fsp3) is 0.595. The molecule has 9 nitrogen and oxygen atoms in total. The molecule has 0 aliphatic heterocycles. The van der Waals surface area contributed by atoms with Crippen LogP contribution in [0.5, 0.6) is 0 Å². The van der Waals surface area contributed by atoms with Crippen molar-refractivity contribution in [3.05, 3.63) is 63.6 Å². The Kier molecular flexibility index (Phi) is 7.88. The van der Waals surface area contributed by atoms with E-state index in [1.165, 1.54) is 0 Å². The first-order chi connectivity index (χ1) is 22.2. The SMILES string of the molecule is [C-]#[N+]c1cccc(I(OC(=O)C23CC4CC(CC(OC(=O)C(=C)C)(C4)C2)C3)OC(=O)C23CC4CC(CC(OC(=O)C(=C)C)(C4)C2)C3)c1. The fourth-order valence-corrected chi connectivity index (χ4v) is 14.0. The van der Waals surface area contributed by atoms with Gasteiger partial charge in [-0.3, -0.25) is 0 Å². The molecule has 1 aromatic rings. The van der Waals surface area contributed by atoms with E-state index in [9.17, 15) is 19.2 Å². The third-order valence-electron chi connectivity index (χ3n) is 11.6. The van der Waals surface area contributed by atoms with Gasteiger partial charge in [0, 0.05) is 0 Å². The molecule has 0 spiro atoms. The monoisotopic (exact) mass is 755 g/mol. The van der Waals surface area contributed by atoms with Crippen LogP contribution in [0.25, 0.3) is 4.85 Å². The van der Waals surface area contributed by atoms with E-state index in [4.69, 9.17) is 22.2 Å². The number of carbonyl (C=O) groups is 4. The Morgan fingerprint density at radius 1 is 0.745 bits per heavy atom. The van der Waals surface area contributed by atoms with Gasteiger partial charge in [0.15, 0.2) is 0 Å². The van der Waals surface area contributed by atoms with E-state index in [-0.39, 0.29) is 23.7 Å². The van der Waals surface area contributed by atoms with Gasteiger partial charge in [0.05, 0.1) is 0 Å². The van der Waals surface area contributed by atoms with E-state index in [0.717, 1.165) is 38.5 Å². The van der Waals surface area contributed by atoms with Crippen molar-refractivity contribution in [1.82, 2.24) is 0 Å². The summed E-state index contributed by atoms with van der Waals surface area (Å²) in [4.78, 5) is 57.7. The molecule has 4 unspecified atom stereocenters. The van der Waals surface area contributed by atoms with Crippen LogP contribution in [0.2, 0.25) is 0 Å². The maximum atomic E-state index is 14.4. The van der Waals surface area contributed by atoms with Gasteiger partial charge in [-0.1, -0.05) is 0 Å². The maximum absolute atomic E-state index is 14.4. The summed E-state index contributed by atoms with van der Waals surface area (Å²) in [5.74, 6) is -0.711. The number of esters is 2. The molecule has 4 atom stereocenters. The van der Waals surface area contributed by atoms with Crippen molar-refractivity contribution in [3.8, 4) is 0 Å². The van der Waals surface area contributed by atoms with Gasteiger partial charge in [0.1, 0.15) is 0 Å². The van der Waals surface area contributed by atoms with E-state index in [1.54, 1.807) is 38.1 Å². The van der Waals surface area contributed by atoms with Gasteiger partial charge in [-0.2, -0.15) is 0 Å². The topological polar surface area (TPSA) is 110 Å². The van der Waals surface area contributed by atoms with Crippen LogP contribution in [0.1, 0.15) is 90.9 Å². The van der Waals surface area contributed by atoms with E-state index in [0.29, 0.717) is 58.9 Å². The van der Waals surface area contributed by atoms with E-state index in [1.807, 2.05) is 0 Å². The quantitative estimate of drug-likeness (QED) is 0.109. The molecule has 0 radical (unpaired) electrons. The second-order valence-corrected chi connectivity index (χ2v) is 19.1. The Morgan fingerprint density at radius 2 is 1.17 bits per heavy atom. The van der Waals surface area contributed by atoms with Crippen LogP contribution < -0.4 is 0 Å². The van der Waals surface area contributed by atoms with Crippen molar-refractivity contribution in [3.63, 3.8) is 0 Å². The molecule has 0 heterocycles. The fourth-order valence-electron chi connectivity index (χ4n) is 10.7. The molecule has 8 fully saturated rings. The molecule has 8 aliphatic rings. The van der Waals surface area contributed by atoms with Gasteiger partial charge in [0.2, 0.25) is 0 Å². The van der Waals surface area contributed by atoms with Crippen molar-refractivity contribution in [2.45, 2.75) is 102 Å². The molecule has 8 aliphatic carbocycles. The minimum atomic E-state index is -3.47. The number of halogens is 1. The average Bonchev–Trinajstić information content (AvgIpc) is 2.98. The Balaban J connectivity index is 1.16. The Morgan fingerprint density at radius 3 is 1.55 bits per heavy atom. The van der Waals surface area contributed by atoms with Crippen LogP contribution in [0, 0.1) is 44.6 Å². The zero-order valence-electron chi connectivity index (χ0n) is 27.1. The number of rotatable bonds is 9. The molecule has 0 saturated heterocycles. The molecular formula is C37H42INO8. The third-order valence-corrected chi connectivity index (χ3v) is 14.9. The Labute approximate surface area is 284 Å². The summed E-state index contributed by atoms with van der Waals surface area (Å²) < 4.78 is 25.5. The van der Waals surface area contributed by atoms with Crippen LogP contribution in [0.4, 0.5) is 5.69 Å². The van der Waals surface area contributed by atoms with Crippen LogP contribution >= 0.6 is 20.6 Å². The number of nitrogens with zero attached hydrogens (tertiary/aromatic N) is 1. The van der Waals surface area contributed by atoms with Gasteiger partial charge >= 0.3 is 285 Å². The molecule has 0 N–H and O–H groups in total. The summed E-state index contributed by atoms with van der Waals surface area (Å²) in [6.45, 7) is 18.3. The summed E-state index contributed by atoms with van der Waals surface area (Å²) in [6, 6.07) is 6.82. The molecular weight excluding hydrogens is 713 g/mol. The number of carbonyl (C=O) groups excluding carboxylic acids is 4. The Bertz CT molecular complexity index is 1510. The standard InChI is InChI=1S/C37H42INO8/c1-22(2)30(40)44-36-16-24-9-25(17-36)13-34(12-24,20-36)32(42)46-38(28-7-6-8-29(11-28)39-5)47-33(43)35-14-26-10-27(15-35)19-37(18-26,21-35)45-31(41)23(3)4/h6-8,11,24-27H,1,3,9-10,12-21H2,2,4H3. The first kappa shape index (κ1) is 32.4. The average molecular weight is 756 g/mol.